The molecule has 33 heavy (non-hydrogen) atoms. The number of halogens is 2. The summed E-state index contributed by atoms with van der Waals surface area (Å²) in [5.74, 6) is -1.76. The van der Waals surface area contributed by atoms with E-state index in [0.29, 0.717) is 8.76 Å². The lowest BCUT2D eigenvalue weighted by molar-refractivity contribution is -0.163. The molecule has 0 amide bonds. The van der Waals surface area contributed by atoms with E-state index < -0.39 is 36.6 Å². The summed E-state index contributed by atoms with van der Waals surface area (Å²) < 4.78 is 40.1. The van der Waals surface area contributed by atoms with Gasteiger partial charge in [-0.25, -0.2) is 14.2 Å². The number of hydrogen-bond donors (Lipinski definition) is 0. The van der Waals surface area contributed by atoms with E-state index in [9.17, 15) is 14.0 Å². The Morgan fingerprint density at radius 2 is 1.94 bits per heavy atom. The van der Waals surface area contributed by atoms with E-state index in [0.717, 1.165) is 32.0 Å². The summed E-state index contributed by atoms with van der Waals surface area (Å²) in [6.45, 7) is 2.57. The number of carbonyl (C=O) groups is 2. The van der Waals surface area contributed by atoms with E-state index in [4.69, 9.17) is 42.8 Å². The molecule has 2 aliphatic heterocycles. The van der Waals surface area contributed by atoms with Gasteiger partial charge in [0, 0.05) is 26.1 Å². The van der Waals surface area contributed by atoms with Crippen LogP contribution in [-0.2, 0) is 36.9 Å². The van der Waals surface area contributed by atoms with Gasteiger partial charge in [-0.05, 0) is 31.1 Å². The largest absolute Gasteiger partial charge is 0.480 e. The molecule has 2 aromatic rings. The summed E-state index contributed by atoms with van der Waals surface area (Å²) in [6, 6.07) is 2.41. The highest BCUT2D eigenvalue weighted by Gasteiger charge is 2.34. The molecule has 2 unspecified atom stereocenters. The molecule has 4 rings (SSSR count). The maximum absolute atomic E-state index is 14.6. The Labute approximate surface area is 202 Å². The highest BCUT2D eigenvalue weighted by Crippen LogP contribution is 2.32. The predicted molar refractivity (Wildman–Crippen MR) is 119 cm³/mol. The van der Waals surface area contributed by atoms with Gasteiger partial charge >= 0.3 is 11.9 Å². The molecular formula is C20H21ClFN3O6S2. The van der Waals surface area contributed by atoms with E-state index in [1.54, 1.807) is 0 Å². The van der Waals surface area contributed by atoms with E-state index in [1.807, 2.05) is 9.36 Å². The average molecular weight is 518 g/mol. The molecule has 2 atom stereocenters. The third-order valence-electron chi connectivity index (χ3n) is 5.03. The maximum Gasteiger partial charge on any atom is 0.344 e. The molecule has 3 heterocycles. The fourth-order valence-corrected chi connectivity index (χ4v) is 5.03. The average Bonchev–Trinajstić information content (AvgIpc) is 3.32. The Kier molecular flexibility index (Phi) is 7.47. The maximum atomic E-state index is 14.6. The highest BCUT2D eigenvalue weighted by molar-refractivity contribution is 7.73. The van der Waals surface area contributed by atoms with E-state index in [-0.39, 0.29) is 29.7 Å². The Hall–Kier alpha value is -2.28. The van der Waals surface area contributed by atoms with Crippen molar-refractivity contribution in [2.24, 2.45) is 4.99 Å². The van der Waals surface area contributed by atoms with Crippen LogP contribution in [-0.4, -0.2) is 53.3 Å². The molecule has 1 saturated heterocycles. The summed E-state index contributed by atoms with van der Waals surface area (Å²) in [6.07, 6.45) is 0.615. The number of fused-ring (bicyclic) bond motifs is 1. The number of hydrogen-bond acceptors (Lipinski definition) is 9. The molecule has 1 fully saturated rings. The van der Waals surface area contributed by atoms with Gasteiger partial charge < -0.3 is 18.9 Å². The van der Waals surface area contributed by atoms with Gasteiger partial charge in [-0.1, -0.05) is 22.9 Å². The van der Waals surface area contributed by atoms with Crippen LogP contribution in [0.4, 0.5) is 10.1 Å². The van der Waals surface area contributed by atoms with Gasteiger partial charge in [0.25, 0.3) is 0 Å². The Bertz CT molecular complexity index is 1190. The molecule has 2 aliphatic rings. The van der Waals surface area contributed by atoms with Crippen molar-refractivity contribution in [2.75, 3.05) is 19.8 Å². The molecule has 13 heteroatoms. The second-order valence-corrected chi connectivity index (χ2v) is 9.46. The Morgan fingerprint density at radius 3 is 2.67 bits per heavy atom. The van der Waals surface area contributed by atoms with Crippen LogP contribution in [0.5, 0.6) is 5.75 Å². The van der Waals surface area contributed by atoms with Crippen molar-refractivity contribution in [2.45, 2.75) is 45.1 Å². The van der Waals surface area contributed by atoms with Crippen LogP contribution < -0.4 is 9.54 Å². The van der Waals surface area contributed by atoms with Crippen molar-refractivity contribution >= 4 is 52.8 Å². The molecule has 9 nitrogen and oxygen atoms in total. The first-order valence-electron chi connectivity index (χ1n) is 10.2. The zero-order chi connectivity index (χ0) is 23.5. The topological polar surface area (TPSA) is 93.3 Å². The molecule has 0 saturated carbocycles. The molecule has 0 spiro atoms. The smallest absolute Gasteiger partial charge is 0.344 e. The predicted octanol–water partition coefficient (Wildman–Crippen LogP) is 3.15. The van der Waals surface area contributed by atoms with Gasteiger partial charge in [0.15, 0.2) is 28.6 Å². The summed E-state index contributed by atoms with van der Waals surface area (Å²) >= 11 is 12.8. The van der Waals surface area contributed by atoms with Crippen molar-refractivity contribution in [3.05, 3.63) is 31.7 Å². The normalized spacial score (nSPS) is 20.4. The SMILES string of the molecule is CC(=O)OC1COCC1OC(=O)COc1cc(/N=c2/sc(=S)n3n2CCCC3)c(F)cc1Cl. The molecule has 0 N–H and O–H groups in total. The van der Waals surface area contributed by atoms with Crippen LogP contribution >= 0.6 is 35.2 Å². The zero-order valence-corrected chi connectivity index (χ0v) is 20.0. The van der Waals surface area contributed by atoms with Crippen molar-refractivity contribution in [1.82, 2.24) is 9.36 Å². The van der Waals surface area contributed by atoms with Crippen LogP contribution in [0.3, 0.4) is 0 Å². The van der Waals surface area contributed by atoms with E-state index >= 15 is 0 Å². The molecular weight excluding hydrogens is 497 g/mol. The van der Waals surface area contributed by atoms with Gasteiger partial charge in [0.05, 0.1) is 18.2 Å². The monoisotopic (exact) mass is 517 g/mol. The molecule has 0 bridgehead atoms. The van der Waals surface area contributed by atoms with Crippen LogP contribution in [0, 0.1) is 9.77 Å². The molecule has 0 aliphatic carbocycles. The minimum absolute atomic E-state index is 0.0135. The Balaban J connectivity index is 1.47. The summed E-state index contributed by atoms with van der Waals surface area (Å²) in [5.41, 5.74) is 0.0135. The zero-order valence-electron chi connectivity index (χ0n) is 17.6. The first-order chi connectivity index (χ1) is 15.8. The van der Waals surface area contributed by atoms with E-state index in [1.165, 1.54) is 24.3 Å². The van der Waals surface area contributed by atoms with Crippen LogP contribution in [0.1, 0.15) is 19.8 Å². The number of nitrogens with zero attached hydrogens (tertiary/aromatic N) is 3. The third-order valence-corrected chi connectivity index (χ3v) is 6.66. The lowest BCUT2D eigenvalue weighted by Gasteiger charge is -2.18. The lowest BCUT2D eigenvalue weighted by atomic mass is 10.2. The number of rotatable bonds is 6. The molecule has 178 valence electrons. The molecule has 1 aromatic carbocycles. The van der Waals surface area contributed by atoms with Crippen molar-refractivity contribution in [3.63, 3.8) is 0 Å². The quantitative estimate of drug-likeness (QED) is 0.429. The van der Waals surface area contributed by atoms with Gasteiger partial charge in [0.2, 0.25) is 4.80 Å². The number of esters is 2. The number of benzene rings is 1. The van der Waals surface area contributed by atoms with Crippen LogP contribution in [0.2, 0.25) is 5.02 Å². The van der Waals surface area contributed by atoms with Crippen molar-refractivity contribution in [3.8, 4) is 5.75 Å². The van der Waals surface area contributed by atoms with Gasteiger partial charge in [0.1, 0.15) is 11.4 Å². The summed E-state index contributed by atoms with van der Waals surface area (Å²) in [5, 5.41) is -0.0135. The summed E-state index contributed by atoms with van der Waals surface area (Å²) in [7, 11) is 0. The highest BCUT2D eigenvalue weighted by atomic mass is 35.5. The third kappa shape index (κ3) is 5.62. The number of ether oxygens (including phenoxy) is 4. The minimum atomic E-state index is -0.730. The molecule has 1 aromatic heterocycles. The van der Waals surface area contributed by atoms with Crippen molar-refractivity contribution < 1.29 is 32.9 Å². The van der Waals surface area contributed by atoms with Crippen molar-refractivity contribution in [1.29, 1.82) is 0 Å². The summed E-state index contributed by atoms with van der Waals surface area (Å²) in [4.78, 5) is 28.4. The standard InChI is InChI=1S/C20H21ClFN3O6S2/c1-11(26)30-16-8-28-9-17(16)31-18(27)10-29-15-7-14(13(22)6-12(15)21)23-19-24-4-2-3-5-25(24)20(32)33-19/h6-7,16-17H,2-5,8-10H2,1H3/b23-19+. The fourth-order valence-electron chi connectivity index (χ4n) is 3.52. The first kappa shape index (κ1) is 23.9. The second-order valence-electron chi connectivity index (χ2n) is 7.45. The van der Waals surface area contributed by atoms with Gasteiger partial charge in [-0.3, -0.25) is 14.2 Å². The number of aromatic nitrogens is 2. The number of carbonyl (C=O) groups excluding carboxylic acids is 2. The minimum Gasteiger partial charge on any atom is -0.480 e. The Morgan fingerprint density at radius 1 is 1.24 bits per heavy atom. The molecule has 0 radical (unpaired) electrons. The van der Waals surface area contributed by atoms with Crippen LogP contribution in [0.25, 0.3) is 0 Å². The lowest BCUT2D eigenvalue weighted by Crippen LogP contribution is -2.34. The first-order valence-corrected chi connectivity index (χ1v) is 11.8. The van der Waals surface area contributed by atoms with Gasteiger partial charge in [-0.2, -0.15) is 0 Å². The van der Waals surface area contributed by atoms with Crippen LogP contribution in [0.15, 0.2) is 17.1 Å². The van der Waals surface area contributed by atoms with Gasteiger partial charge in [-0.15, -0.1) is 0 Å². The fraction of sp³-hybridized carbons (Fsp3) is 0.500. The second kappa shape index (κ2) is 10.3. The van der Waals surface area contributed by atoms with E-state index in [2.05, 4.69) is 4.99 Å².